The number of aryl methyl sites for hydroxylation is 2. The molecule has 4 nitrogen and oxygen atoms in total. The van der Waals surface area contributed by atoms with Gasteiger partial charge in [0.2, 0.25) is 0 Å². The van der Waals surface area contributed by atoms with Crippen molar-refractivity contribution in [1.29, 1.82) is 0 Å². The molecule has 0 spiro atoms. The molecule has 0 radical (unpaired) electrons. The summed E-state index contributed by atoms with van der Waals surface area (Å²) in [5, 5.41) is 13.2. The molecule has 1 aromatic heterocycles. The highest BCUT2D eigenvalue weighted by atomic mass is 19.1. The van der Waals surface area contributed by atoms with E-state index < -0.39 is 11.8 Å². The molecule has 1 heterocycles. The van der Waals surface area contributed by atoms with Crippen molar-refractivity contribution in [3.8, 4) is 5.69 Å². The lowest BCUT2D eigenvalue weighted by molar-refractivity contribution is 0.0696. The van der Waals surface area contributed by atoms with Crippen molar-refractivity contribution in [3.05, 3.63) is 47.0 Å². The van der Waals surface area contributed by atoms with Crippen LogP contribution in [0.1, 0.15) is 21.7 Å². The lowest BCUT2D eigenvalue weighted by Crippen LogP contribution is -2.08. The molecule has 0 saturated carbocycles. The van der Waals surface area contributed by atoms with E-state index in [2.05, 4.69) is 5.10 Å². The number of benzene rings is 1. The molecule has 0 fully saturated rings. The fourth-order valence-corrected chi connectivity index (χ4v) is 1.74. The average Bonchev–Trinajstić information content (AvgIpc) is 2.57. The Morgan fingerprint density at radius 3 is 2.59 bits per heavy atom. The highest BCUT2D eigenvalue weighted by Crippen LogP contribution is 2.18. The molecule has 0 saturated heterocycles. The SMILES string of the molecule is Cc1cc(C)n(-c2ccc(F)cc2C(=O)O)n1. The summed E-state index contributed by atoms with van der Waals surface area (Å²) in [6.07, 6.45) is 0. The molecular formula is C12H11FN2O2. The third-order valence-electron chi connectivity index (χ3n) is 2.43. The van der Waals surface area contributed by atoms with Crippen LogP contribution in [0.2, 0.25) is 0 Å². The Bertz CT molecular complexity index is 590. The normalized spacial score (nSPS) is 10.5. The number of carboxylic acid groups (broad SMARTS) is 1. The van der Waals surface area contributed by atoms with Gasteiger partial charge in [0.05, 0.1) is 16.9 Å². The van der Waals surface area contributed by atoms with Gasteiger partial charge in [-0.3, -0.25) is 0 Å². The molecule has 1 aromatic carbocycles. The Balaban J connectivity index is 2.67. The molecule has 88 valence electrons. The lowest BCUT2D eigenvalue weighted by Gasteiger charge is -2.08. The van der Waals surface area contributed by atoms with Crippen LogP contribution >= 0.6 is 0 Å². The number of halogens is 1. The molecular weight excluding hydrogens is 223 g/mol. The van der Waals surface area contributed by atoms with Gasteiger partial charge in [-0.1, -0.05) is 0 Å². The van der Waals surface area contributed by atoms with E-state index in [0.717, 1.165) is 17.5 Å². The van der Waals surface area contributed by atoms with Gasteiger partial charge in [0.1, 0.15) is 5.82 Å². The zero-order valence-electron chi connectivity index (χ0n) is 9.44. The maximum atomic E-state index is 13.0. The van der Waals surface area contributed by atoms with E-state index in [4.69, 9.17) is 5.11 Å². The van der Waals surface area contributed by atoms with Crippen LogP contribution in [0, 0.1) is 19.7 Å². The van der Waals surface area contributed by atoms with Crippen molar-refractivity contribution in [2.75, 3.05) is 0 Å². The third-order valence-corrected chi connectivity index (χ3v) is 2.43. The maximum absolute atomic E-state index is 13.0. The lowest BCUT2D eigenvalue weighted by atomic mass is 10.1. The minimum atomic E-state index is -1.17. The summed E-state index contributed by atoms with van der Waals surface area (Å²) in [6, 6.07) is 5.46. The van der Waals surface area contributed by atoms with Crippen LogP contribution in [-0.4, -0.2) is 20.9 Å². The van der Waals surface area contributed by atoms with Crippen LogP contribution in [-0.2, 0) is 0 Å². The summed E-state index contributed by atoms with van der Waals surface area (Å²) in [5.74, 6) is -1.75. The quantitative estimate of drug-likeness (QED) is 0.867. The molecule has 0 aliphatic rings. The van der Waals surface area contributed by atoms with Crippen molar-refractivity contribution < 1.29 is 14.3 Å². The molecule has 2 rings (SSSR count). The van der Waals surface area contributed by atoms with Crippen LogP contribution < -0.4 is 0 Å². The molecule has 2 aromatic rings. The first kappa shape index (κ1) is 11.3. The van der Waals surface area contributed by atoms with Gasteiger partial charge in [-0.2, -0.15) is 5.10 Å². The van der Waals surface area contributed by atoms with Gasteiger partial charge < -0.3 is 5.11 Å². The van der Waals surface area contributed by atoms with E-state index in [1.54, 1.807) is 0 Å². The van der Waals surface area contributed by atoms with Crippen molar-refractivity contribution in [2.45, 2.75) is 13.8 Å². The van der Waals surface area contributed by atoms with Crippen molar-refractivity contribution in [3.63, 3.8) is 0 Å². The van der Waals surface area contributed by atoms with Crippen molar-refractivity contribution >= 4 is 5.97 Å². The Labute approximate surface area is 97.3 Å². The largest absolute Gasteiger partial charge is 0.478 e. The molecule has 0 aliphatic carbocycles. The standard InChI is InChI=1S/C12H11FN2O2/c1-7-5-8(2)15(14-7)11-4-3-9(13)6-10(11)12(16)17/h3-6H,1-2H3,(H,16,17). The number of aromatic carboxylic acids is 1. The summed E-state index contributed by atoms with van der Waals surface area (Å²) in [7, 11) is 0. The number of hydrogen-bond acceptors (Lipinski definition) is 2. The van der Waals surface area contributed by atoms with Crippen LogP contribution in [0.5, 0.6) is 0 Å². The van der Waals surface area contributed by atoms with Crippen LogP contribution in [0.3, 0.4) is 0 Å². The van der Waals surface area contributed by atoms with E-state index in [0.29, 0.717) is 5.69 Å². The van der Waals surface area contributed by atoms with Gasteiger partial charge in [0.15, 0.2) is 0 Å². The summed E-state index contributed by atoms with van der Waals surface area (Å²) in [4.78, 5) is 11.1. The number of rotatable bonds is 2. The number of carbonyl (C=O) groups is 1. The van der Waals surface area contributed by atoms with Gasteiger partial charge in [-0.25, -0.2) is 13.9 Å². The first-order valence-electron chi connectivity index (χ1n) is 5.05. The third kappa shape index (κ3) is 2.04. The Morgan fingerprint density at radius 2 is 2.06 bits per heavy atom. The van der Waals surface area contributed by atoms with Gasteiger partial charge in [-0.05, 0) is 38.1 Å². The number of hydrogen-bond donors (Lipinski definition) is 1. The first-order chi connectivity index (χ1) is 7.99. The molecule has 0 unspecified atom stereocenters. The van der Waals surface area contributed by atoms with Crippen LogP contribution in [0.15, 0.2) is 24.3 Å². The van der Waals surface area contributed by atoms with Crippen molar-refractivity contribution in [2.24, 2.45) is 0 Å². The van der Waals surface area contributed by atoms with Gasteiger partial charge >= 0.3 is 5.97 Å². The van der Waals surface area contributed by atoms with Crippen LogP contribution in [0.25, 0.3) is 5.69 Å². The average molecular weight is 234 g/mol. The Morgan fingerprint density at radius 1 is 1.35 bits per heavy atom. The van der Waals surface area contributed by atoms with E-state index >= 15 is 0 Å². The van der Waals surface area contributed by atoms with E-state index in [1.165, 1.54) is 16.8 Å². The summed E-state index contributed by atoms with van der Waals surface area (Å²) in [6.45, 7) is 3.63. The summed E-state index contributed by atoms with van der Waals surface area (Å²) >= 11 is 0. The second-order valence-corrected chi connectivity index (χ2v) is 3.81. The minimum absolute atomic E-state index is 0.101. The Kier molecular flexibility index (Phi) is 2.67. The number of nitrogens with zero attached hydrogens (tertiary/aromatic N) is 2. The molecule has 0 aliphatic heterocycles. The van der Waals surface area contributed by atoms with Crippen LogP contribution in [0.4, 0.5) is 4.39 Å². The fourth-order valence-electron chi connectivity index (χ4n) is 1.74. The monoisotopic (exact) mass is 234 g/mol. The predicted molar refractivity (Wildman–Crippen MR) is 60.0 cm³/mol. The second kappa shape index (κ2) is 4.01. The molecule has 5 heteroatoms. The zero-order valence-corrected chi connectivity index (χ0v) is 9.44. The molecule has 0 atom stereocenters. The highest BCUT2D eigenvalue weighted by molar-refractivity contribution is 5.91. The maximum Gasteiger partial charge on any atom is 0.338 e. The first-order valence-corrected chi connectivity index (χ1v) is 5.05. The molecule has 0 bridgehead atoms. The molecule has 0 amide bonds. The van der Waals surface area contributed by atoms with E-state index in [9.17, 15) is 9.18 Å². The highest BCUT2D eigenvalue weighted by Gasteiger charge is 2.15. The predicted octanol–water partition coefficient (Wildman–Crippen LogP) is 2.33. The topological polar surface area (TPSA) is 55.1 Å². The number of carboxylic acids is 1. The minimum Gasteiger partial charge on any atom is -0.478 e. The zero-order chi connectivity index (χ0) is 12.6. The Hall–Kier alpha value is -2.17. The van der Waals surface area contributed by atoms with E-state index in [1.807, 2.05) is 19.9 Å². The molecule has 1 N–H and O–H groups in total. The summed E-state index contributed by atoms with van der Waals surface area (Å²) < 4.78 is 14.5. The number of aromatic nitrogens is 2. The van der Waals surface area contributed by atoms with Gasteiger partial charge in [-0.15, -0.1) is 0 Å². The summed E-state index contributed by atoms with van der Waals surface area (Å²) in [5.41, 5.74) is 1.85. The molecule has 17 heavy (non-hydrogen) atoms. The van der Waals surface area contributed by atoms with E-state index in [-0.39, 0.29) is 5.56 Å². The van der Waals surface area contributed by atoms with Gasteiger partial charge in [0.25, 0.3) is 0 Å². The van der Waals surface area contributed by atoms with Gasteiger partial charge in [0, 0.05) is 5.69 Å². The van der Waals surface area contributed by atoms with Crippen molar-refractivity contribution in [1.82, 2.24) is 9.78 Å². The fraction of sp³-hybridized carbons (Fsp3) is 0.167. The second-order valence-electron chi connectivity index (χ2n) is 3.81. The smallest absolute Gasteiger partial charge is 0.338 e.